The summed E-state index contributed by atoms with van der Waals surface area (Å²) >= 11 is 0. The van der Waals surface area contributed by atoms with Crippen molar-refractivity contribution < 1.29 is 9.34 Å². The number of aliphatic imine (C=N–C) groups is 1. The van der Waals surface area contributed by atoms with Crippen molar-refractivity contribution in [3.8, 4) is 11.5 Å². The van der Waals surface area contributed by atoms with E-state index in [1.165, 1.54) is 12.1 Å². The number of nitro groups is 1. The Balaban J connectivity index is 1.51. The number of oxazole rings is 1. The SMILES string of the molecule is O=[N+]([O-])c1cccc(/C=C/C=Nc2ccc3oc(-c4ccccc4)nc3c2)c1. The Morgan fingerprint density at radius 1 is 1.00 bits per heavy atom. The van der Waals surface area contributed by atoms with E-state index in [1.807, 2.05) is 48.5 Å². The topological polar surface area (TPSA) is 81.5 Å². The van der Waals surface area contributed by atoms with Crippen LogP contribution in [-0.4, -0.2) is 16.1 Å². The maximum absolute atomic E-state index is 10.8. The van der Waals surface area contributed by atoms with Crippen molar-refractivity contribution in [1.82, 2.24) is 4.98 Å². The first-order chi connectivity index (χ1) is 13.7. The first kappa shape index (κ1) is 17.4. The lowest BCUT2D eigenvalue weighted by Crippen LogP contribution is -1.87. The van der Waals surface area contributed by atoms with Crippen LogP contribution in [-0.2, 0) is 0 Å². The molecule has 0 aliphatic carbocycles. The van der Waals surface area contributed by atoms with Gasteiger partial charge in [-0.2, -0.15) is 0 Å². The zero-order valence-corrected chi connectivity index (χ0v) is 14.7. The normalized spacial score (nSPS) is 11.6. The molecule has 0 aliphatic rings. The molecule has 6 heteroatoms. The van der Waals surface area contributed by atoms with Gasteiger partial charge in [-0.15, -0.1) is 0 Å². The molecule has 3 aromatic carbocycles. The predicted molar refractivity (Wildman–Crippen MR) is 110 cm³/mol. The van der Waals surface area contributed by atoms with Crippen LogP contribution in [0.4, 0.5) is 11.4 Å². The smallest absolute Gasteiger partial charge is 0.270 e. The number of hydrogen-bond acceptors (Lipinski definition) is 5. The van der Waals surface area contributed by atoms with Crippen LogP contribution >= 0.6 is 0 Å². The molecule has 0 aliphatic heterocycles. The van der Waals surface area contributed by atoms with Crippen molar-refractivity contribution in [3.05, 3.63) is 94.6 Å². The molecule has 0 N–H and O–H groups in total. The number of allylic oxidation sites excluding steroid dienone is 1. The standard InChI is InChI=1S/C22H15N3O3/c26-25(27)19-10-4-6-16(14-19)7-5-13-23-18-11-12-21-20(15-18)24-22(28-21)17-8-2-1-3-9-17/h1-15H/b7-5+,23-13?. The molecule has 0 saturated heterocycles. The molecule has 0 bridgehead atoms. The first-order valence-corrected chi connectivity index (χ1v) is 8.60. The van der Waals surface area contributed by atoms with Gasteiger partial charge in [0.05, 0.1) is 10.6 Å². The molecular formula is C22H15N3O3. The maximum Gasteiger partial charge on any atom is 0.270 e. The summed E-state index contributed by atoms with van der Waals surface area (Å²) in [6.45, 7) is 0. The number of benzene rings is 3. The number of non-ortho nitro benzene ring substituents is 1. The van der Waals surface area contributed by atoms with Gasteiger partial charge in [-0.1, -0.05) is 36.4 Å². The highest BCUT2D eigenvalue weighted by Gasteiger charge is 2.08. The molecule has 0 saturated carbocycles. The summed E-state index contributed by atoms with van der Waals surface area (Å²) < 4.78 is 5.79. The molecule has 0 amide bonds. The molecule has 0 unspecified atom stereocenters. The summed E-state index contributed by atoms with van der Waals surface area (Å²) in [6, 6.07) is 21.7. The van der Waals surface area contributed by atoms with E-state index in [9.17, 15) is 10.1 Å². The minimum Gasteiger partial charge on any atom is -0.436 e. The molecule has 136 valence electrons. The van der Waals surface area contributed by atoms with Crippen molar-refractivity contribution in [2.75, 3.05) is 0 Å². The minimum atomic E-state index is -0.414. The van der Waals surface area contributed by atoms with Gasteiger partial charge in [0, 0.05) is 23.9 Å². The quantitative estimate of drug-likeness (QED) is 0.252. The van der Waals surface area contributed by atoms with Crippen LogP contribution < -0.4 is 0 Å². The summed E-state index contributed by atoms with van der Waals surface area (Å²) in [5.41, 5.74) is 3.89. The van der Waals surface area contributed by atoms with Gasteiger partial charge in [-0.25, -0.2) is 4.98 Å². The average Bonchev–Trinajstić information content (AvgIpc) is 3.15. The van der Waals surface area contributed by atoms with E-state index < -0.39 is 4.92 Å². The lowest BCUT2D eigenvalue weighted by atomic mass is 10.2. The number of fused-ring (bicyclic) bond motifs is 1. The Bertz CT molecular complexity index is 1190. The molecule has 0 radical (unpaired) electrons. The first-order valence-electron chi connectivity index (χ1n) is 8.60. The second-order valence-electron chi connectivity index (χ2n) is 6.03. The Hall–Kier alpha value is -4.06. The van der Waals surface area contributed by atoms with E-state index in [0.717, 1.165) is 22.3 Å². The Morgan fingerprint density at radius 3 is 2.68 bits per heavy atom. The molecule has 0 spiro atoms. The van der Waals surface area contributed by atoms with E-state index in [2.05, 4.69) is 9.98 Å². The van der Waals surface area contributed by atoms with Crippen LogP contribution in [0.1, 0.15) is 5.56 Å². The fraction of sp³-hybridized carbons (Fsp3) is 0. The minimum absolute atomic E-state index is 0.0600. The molecule has 6 nitrogen and oxygen atoms in total. The summed E-state index contributed by atoms with van der Waals surface area (Å²) in [7, 11) is 0. The number of nitro benzene ring substituents is 1. The van der Waals surface area contributed by atoms with Gasteiger partial charge < -0.3 is 4.42 Å². The molecule has 4 rings (SSSR count). The second kappa shape index (κ2) is 7.67. The zero-order valence-electron chi connectivity index (χ0n) is 14.7. The van der Waals surface area contributed by atoms with Crippen molar-refractivity contribution in [2.24, 2.45) is 4.99 Å². The zero-order chi connectivity index (χ0) is 19.3. The van der Waals surface area contributed by atoms with Crippen LogP contribution in [0.15, 0.2) is 88.3 Å². The Morgan fingerprint density at radius 2 is 1.86 bits per heavy atom. The van der Waals surface area contributed by atoms with E-state index in [0.29, 0.717) is 11.5 Å². The fourth-order valence-corrected chi connectivity index (χ4v) is 2.73. The highest BCUT2D eigenvalue weighted by atomic mass is 16.6. The van der Waals surface area contributed by atoms with E-state index in [4.69, 9.17) is 4.42 Å². The molecule has 0 atom stereocenters. The monoisotopic (exact) mass is 369 g/mol. The third kappa shape index (κ3) is 3.86. The van der Waals surface area contributed by atoms with Gasteiger partial charge in [-0.3, -0.25) is 15.1 Å². The molecule has 1 aromatic heterocycles. The average molecular weight is 369 g/mol. The number of nitrogens with zero attached hydrogens (tertiary/aromatic N) is 3. The van der Waals surface area contributed by atoms with Crippen molar-refractivity contribution >= 4 is 34.8 Å². The Kier molecular flexibility index (Phi) is 4.76. The van der Waals surface area contributed by atoms with Gasteiger partial charge in [0.25, 0.3) is 5.69 Å². The molecule has 28 heavy (non-hydrogen) atoms. The molecule has 1 heterocycles. The van der Waals surface area contributed by atoms with E-state index in [-0.39, 0.29) is 5.69 Å². The van der Waals surface area contributed by atoms with Crippen LogP contribution in [0, 0.1) is 10.1 Å². The van der Waals surface area contributed by atoms with E-state index >= 15 is 0 Å². The third-order valence-corrected chi connectivity index (χ3v) is 4.07. The predicted octanol–water partition coefficient (Wildman–Crippen LogP) is 5.82. The lowest BCUT2D eigenvalue weighted by molar-refractivity contribution is -0.384. The Labute approximate surface area is 160 Å². The van der Waals surface area contributed by atoms with Crippen LogP contribution in [0.5, 0.6) is 0 Å². The third-order valence-electron chi connectivity index (χ3n) is 4.07. The van der Waals surface area contributed by atoms with E-state index in [1.54, 1.807) is 30.5 Å². The largest absolute Gasteiger partial charge is 0.436 e. The highest BCUT2D eigenvalue weighted by Crippen LogP contribution is 2.26. The van der Waals surface area contributed by atoms with Crippen LogP contribution in [0.25, 0.3) is 28.6 Å². The molecular weight excluding hydrogens is 354 g/mol. The van der Waals surface area contributed by atoms with Gasteiger partial charge >= 0.3 is 0 Å². The number of rotatable bonds is 5. The van der Waals surface area contributed by atoms with Crippen molar-refractivity contribution in [1.29, 1.82) is 0 Å². The molecule has 4 aromatic rings. The molecule has 0 fully saturated rings. The maximum atomic E-state index is 10.8. The number of aromatic nitrogens is 1. The second-order valence-corrected chi connectivity index (χ2v) is 6.03. The van der Waals surface area contributed by atoms with Crippen molar-refractivity contribution in [3.63, 3.8) is 0 Å². The fourth-order valence-electron chi connectivity index (χ4n) is 2.73. The van der Waals surface area contributed by atoms with Crippen LogP contribution in [0.2, 0.25) is 0 Å². The number of hydrogen-bond donors (Lipinski definition) is 0. The lowest BCUT2D eigenvalue weighted by Gasteiger charge is -1.93. The van der Waals surface area contributed by atoms with Gasteiger partial charge in [0.1, 0.15) is 5.52 Å². The highest BCUT2D eigenvalue weighted by molar-refractivity contribution is 5.84. The van der Waals surface area contributed by atoms with Crippen molar-refractivity contribution in [2.45, 2.75) is 0 Å². The van der Waals surface area contributed by atoms with Gasteiger partial charge in [0.15, 0.2) is 5.58 Å². The summed E-state index contributed by atoms with van der Waals surface area (Å²) in [6.07, 6.45) is 5.14. The summed E-state index contributed by atoms with van der Waals surface area (Å²) in [5.74, 6) is 0.572. The van der Waals surface area contributed by atoms with Crippen LogP contribution in [0.3, 0.4) is 0 Å². The summed E-state index contributed by atoms with van der Waals surface area (Å²) in [5, 5.41) is 10.8. The summed E-state index contributed by atoms with van der Waals surface area (Å²) in [4.78, 5) is 19.3. The van der Waals surface area contributed by atoms with Gasteiger partial charge in [-0.05, 0) is 42.0 Å². The van der Waals surface area contributed by atoms with Gasteiger partial charge in [0.2, 0.25) is 5.89 Å².